The highest BCUT2D eigenvalue weighted by Gasteiger charge is 2.28. The molecule has 0 radical (unpaired) electrons. The van der Waals surface area contributed by atoms with Crippen LogP contribution in [0.25, 0.3) is 0 Å². The van der Waals surface area contributed by atoms with Crippen LogP contribution in [0.15, 0.2) is 42.5 Å². The second-order valence-electron chi connectivity index (χ2n) is 7.65. The van der Waals surface area contributed by atoms with Crippen molar-refractivity contribution >= 4 is 11.7 Å². The van der Waals surface area contributed by atoms with Crippen molar-refractivity contribution in [3.8, 4) is 5.75 Å². The van der Waals surface area contributed by atoms with Crippen molar-refractivity contribution in [2.45, 2.75) is 39.5 Å². The highest BCUT2D eigenvalue weighted by molar-refractivity contribution is 5.99. The lowest BCUT2D eigenvalue weighted by Crippen LogP contribution is -2.40. The van der Waals surface area contributed by atoms with Crippen LogP contribution >= 0.6 is 0 Å². The molecule has 0 N–H and O–H groups in total. The van der Waals surface area contributed by atoms with Crippen molar-refractivity contribution in [2.75, 3.05) is 20.2 Å². The Morgan fingerprint density at radius 1 is 1.07 bits per heavy atom. The number of ether oxygens (including phenoxy) is 1. The lowest BCUT2D eigenvalue weighted by atomic mass is 9.87. The minimum atomic E-state index is 0.0136. The highest BCUT2D eigenvalue weighted by atomic mass is 16.5. The van der Waals surface area contributed by atoms with Gasteiger partial charge < -0.3 is 9.64 Å². The van der Waals surface area contributed by atoms with Crippen molar-refractivity contribution < 1.29 is 14.3 Å². The van der Waals surface area contributed by atoms with E-state index in [-0.39, 0.29) is 17.6 Å². The number of benzene rings is 2. The van der Waals surface area contributed by atoms with E-state index in [1.165, 1.54) is 5.56 Å². The predicted molar refractivity (Wildman–Crippen MR) is 111 cm³/mol. The largest absolute Gasteiger partial charge is 0.496 e. The molecule has 0 aliphatic carbocycles. The predicted octanol–water partition coefficient (Wildman–Crippen LogP) is 4.37. The van der Waals surface area contributed by atoms with Crippen molar-refractivity contribution in [1.82, 2.24) is 4.90 Å². The summed E-state index contributed by atoms with van der Waals surface area (Å²) in [6.07, 6.45) is 2.62. The number of ketones is 1. The summed E-state index contributed by atoms with van der Waals surface area (Å²) in [7, 11) is 1.65. The first kappa shape index (κ1) is 20.1. The van der Waals surface area contributed by atoms with E-state index in [1.54, 1.807) is 7.11 Å². The minimum absolute atomic E-state index is 0.0136. The number of aryl methyl sites for hydroxylation is 3. The summed E-state index contributed by atoms with van der Waals surface area (Å²) in [4.78, 5) is 27.4. The first-order valence-corrected chi connectivity index (χ1v) is 10.0. The Kier molecular flexibility index (Phi) is 6.50. The van der Waals surface area contributed by atoms with Crippen LogP contribution in [0.5, 0.6) is 5.75 Å². The van der Waals surface area contributed by atoms with Gasteiger partial charge in [-0.05, 0) is 50.3 Å². The van der Waals surface area contributed by atoms with Crippen LogP contribution < -0.4 is 4.74 Å². The Morgan fingerprint density at radius 2 is 1.79 bits per heavy atom. The summed E-state index contributed by atoms with van der Waals surface area (Å²) >= 11 is 0. The minimum Gasteiger partial charge on any atom is -0.496 e. The van der Waals surface area contributed by atoms with E-state index in [1.807, 2.05) is 55.1 Å². The SMILES string of the molecule is COc1ccccc1CCC(=O)N1CCC(C(=O)c2ccc(C)cc2C)CC1. The number of carbonyl (C=O) groups excluding carboxylic acids is 2. The number of hydrogen-bond donors (Lipinski definition) is 0. The number of piperidine rings is 1. The van der Waals surface area contributed by atoms with Crippen LogP contribution in [0.4, 0.5) is 0 Å². The van der Waals surface area contributed by atoms with Gasteiger partial charge in [-0.15, -0.1) is 0 Å². The van der Waals surface area contributed by atoms with Gasteiger partial charge in [0, 0.05) is 31.0 Å². The summed E-state index contributed by atoms with van der Waals surface area (Å²) in [5.74, 6) is 1.22. The molecule has 28 heavy (non-hydrogen) atoms. The maximum atomic E-state index is 12.9. The number of likely N-dealkylation sites (tertiary alicyclic amines) is 1. The Labute approximate surface area is 167 Å². The molecule has 0 aromatic heterocycles. The fourth-order valence-electron chi connectivity index (χ4n) is 4.01. The fraction of sp³-hybridized carbons (Fsp3) is 0.417. The first-order chi connectivity index (χ1) is 13.5. The van der Waals surface area contributed by atoms with E-state index in [0.717, 1.165) is 35.3 Å². The topological polar surface area (TPSA) is 46.6 Å². The zero-order valence-electron chi connectivity index (χ0n) is 17.0. The monoisotopic (exact) mass is 379 g/mol. The summed E-state index contributed by atoms with van der Waals surface area (Å²) in [5.41, 5.74) is 4.09. The molecule has 1 aliphatic rings. The molecule has 0 atom stereocenters. The molecule has 4 nitrogen and oxygen atoms in total. The molecule has 3 rings (SSSR count). The normalized spacial score (nSPS) is 14.8. The zero-order chi connectivity index (χ0) is 20.1. The first-order valence-electron chi connectivity index (χ1n) is 10.0. The average molecular weight is 380 g/mol. The summed E-state index contributed by atoms with van der Waals surface area (Å²) in [6.45, 7) is 5.35. The Hall–Kier alpha value is -2.62. The average Bonchev–Trinajstić information content (AvgIpc) is 2.72. The number of nitrogens with zero attached hydrogens (tertiary/aromatic N) is 1. The standard InChI is InChI=1S/C24H29NO3/c1-17-8-10-21(18(2)16-17)24(27)20-12-14-25(15-13-20)23(26)11-9-19-6-4-5-7-22(19)28-3/h4-8,10,16,20H,9,11-15H2,1-3H3. The second-order valence-corrected chi connectivity index (χ2v) is 7.65. The molecule has 148 valence electrons. The van der Waals surface area contributed by atoms with Gasteiger partial charge in [-0.25, -0.2) is 0 Å². The van der Waals surface area contributed by atoms with Crippen LogP contribution in [0.1, 0.15) is 46.3 Å². The van der Waals surface area contributed by atoms with Crippen LogP contribution in [-0.2, 0) is 11.2 Å². The molecule has 1 aliphatic heterocycles. The molecule has 1 saturated heterocycles. The van der Waals surface area contributed by atoms with Gasteiger partial charge in [-0.3, -0.25) is 9.59 Å². The van der Waals surface area contributed by atoms with Gasteiger partial charge in [-0.2, -0.15) is 0 Å². The maximum Gasteiger partial charge on any atom is 0.222 e. The third-order valence-electron chi connectivity index (χ3n) is 5.67. The molecular weight excluding hydrogens is 350 g/mol. The molecule has 1 amide bonds. The number of amides is 1. The summed E-state index contributed by atoms with van der Waals surface area (Å²) < 4.78 is 5.36. The van der Waals surface area contributed by atoms with Crippen molar-refractivity contribution in [3.63, 3.8) is 0 Å². The van der Waals surface area contributed by atoms with Crippen molar-refractivity contribution in [3.05, 3.63) is 64.7 Å². The van der Waals surface area contributed by atoms with Crippen molar-refractivity contribution in [1.29, 1.82) is 0 Å². The number of para-hydroxylation sites is 1. The maximum absolute atomic E-state index is 12.9. The van der Waals surface area contributed by atoms with Gasteiger partial charge in [0.1, 0.15) is 5.75 Å². The molecule has 0 spiro atoms. The molecular formula is C24H29NO3. The van der Waals surface area contributed by atoms with Crippen LogP contribution in [0.2, 0.25) is 0 Å². The van der Waals surface area contributed by atoms with Gasteiger partial charge in [0.2, 0.25) is 5.91 Å². The van der Waals surface area contributed by atoms with Gasteiger partial charge in [0.25, 0.3) is 0 Å². The van der Waals surface area contributed by atoms with E-state index in [4.69, 9.17) is 4.74 Å². The summed E-state index contributed by atoms with van der Waals surface area (Å²) in [5, 5.41) is 0. The number of rotatable bonds is 6. The van der Waals surface area contributed by atoms with E-state index in [9.17, 15) is 9.59 Å². The van der Waals surface area contributed by atoms with E-state index >= 15 is 0 Å². The number of methoxy groups -OCH3 is 1. The molecule has 0 saturated carbocycles. The van der Waals surface area contributed by atoms with Gasteiger partial charge >= 0.3 is 0 Å². The lowest BCUT2D eigenvalue weighted by molar-refractivity contribution is -0.132. The van der Waals surface area contributed by atoms with Crippen LogP contribution in [-0.4, -0.2) is 36.8 Å². The van der Waals surface area contributed by atoms with Gasteiger partial charge in [-0.1, -0.05) is 42.0 Å². The molecule has 2 aromatic carbocycles. The Morgan fingerprint density at radius 3 is 2.46 bits per heavy atom. The third-order valence-corrected chi connectivity index (χ3v) is 5.67. The van der Waals surface area contributed by atoms with E-state index in [0.29, 0.717) is 25.9 Å². The molecule has 4 heteroatoms. The van der Waals surface area contributed by atoms with Gasteiger partial charge in [0.05, 0.1) is 7.11 Å². The summed E-state index contributed by atoms with van der Waals surface area (Å²) in [6, 6.07) is 13.8. The van der Waals surface area contributed by atoms with Gasteiger partial charge in [0.15, 0.2) is 5.78 Å². The second kappa shape index (κ2) is 9.05. The Bertz CT molecular complexity index is 851. The van der Waals surface area contributed by atoms with Crippen LogP contribution in [0, 0.1) is 19.8 Å². The third kappa shape index (κ3) is 4.61. The highest BCUT2D eigenvalue weighted by Crippen LogP contribution is 2.25. The Balaban J connectivity index is 1.53. The van der Waals surface area contributed by atoms with Crippen LogP contribution in [0.3, 0.4) is 0 Å². The fourth-order valence-corrected chi connectivity index (χ4v) is 4.01. The number of Topliss-reactive ketones (excluding diaryl/α,β-unsaturated/α-hetero) is 1. The molecule has 0 bridgehead atoms. The molecule has 1 heterocycles. The quantitative estimate of drug-likeness (QED) is 0.701. The van der Waals surface area contributed by atoms with E-state index in [2.05, 4.69) is 6.07 Å². The smallest absolute Gasteiger partial charge is 0.222 e. The number of carbonyl (C=O) groups is 2. The van der Waals surface area contributed by atoms with E-state index < -0.39 is 0 Å². The molecule has 1 fully saturated rings. The lowest BCUT2D eigenvalue weighted by Gasteiger charge is -2.31. The molecule has 2 aromatic rings. The zero-order valence-corrected chi connectivity index (χ0v) is 17.0. The number of hydrogen-bond acceptors (Lipinski definition) is 3. The van der Waals surface area contributed by atoms with Crippen molar-refractivity contribution in [2.24, 2.45) is 5.92 Å². The molecule has 0 unspecified atom stereocenters.